The normalized spacial score (nSPS) is 25.7. The Morgan fingerprint density at radius 2 is 2.11 bits per heavy atom. The molecule has 1 aromatic rings. The number of nitrogens with two attached hydrogens (primary N) is 1. The summed E-state index contributed by atoms with van der Waals surface area (Å²) in [7, 11) is 0. The summed E-state index contributed by atoms with van der Waals surface area (Å²) in [4.78, 5) is 0. The molecule has 4 N–H and O–H groups in total. The Kier molecular flexibility index (Phi) is 4.61. The van der Waals surface area contributed by atoms with E-state index in [9.17, 15) is 5.11 Å². The van der Waals surface area contributed by atoms with Gasteiger partial charge in [-0.2, -0.15) is 0 Å². The summed E-state index contributed by atoms with van der Waals surface area (Å²) in [5.41, 5.74) is 8.75. The number of aliphatic hydroxyl groups excluding tert-OH is 1. The van der Waals surface area contributed by atoms with Crippen molar-refractivity contribution < 1.29 is 5.11 Å². The van der Waals surface area contributed by atoms with Crippen LogP contribution in [0, 0.1) is 0 Å². The van der Waals surface area contributed by atoms with Crippen molar-refractivity contribution in [1.29, 1.82) is 0 Å². The fraction of sp³-hybridized carbons (Fsp3) is 0.625. The number of rotatable bonds is 5. The van der Waals surface area contributed by atoms with Gasteiger partial charge in [-0.15, -0.1) is 0 Å². The first-order valence-electron chi connectivity index (χ1n) is 7.31. The molecule has 0 radical (unpaired) electrons. The third-order valence-corrected chi connectivity index (χ3v) is 4.15. The molecule has 0 saturated carbocycles. The summed E-state index contributed by atoms with van der Waals surface area (Å²) in [6.45, 7) is 4.57. The van der Waals surface area contributed by atoms with Gasteiger partial charge in [0.1, 0.15) is 0 Å². The molecule has 0 heterocycles. The second-order valence-corrected chi connectivity index (χ2v) is 5.93. The Morgan fingerprint density at radius 1 is 1.37 bits per heavy atom. The van der Waals surface area contributed by atoms with E-state index >= 15 is 0 Å². The molecule has 0 amide bonds. The lowest BCUT2D eigenvalue weighted by Crippen LogP contribution is -2.54. The zero-order chi connectivity index (χ0) is 13.9. The monoisotopic (exact) mass is 262 g/mol. The highest BCUT2D eigenvalue weighted by Gasteiger charge is 2.35. The molecule has 0 saturated heterocycles. The van der Waals surface area contributed by atoms with Crippen LogP contribution < -0.4 is 11.1 Å². The van der Waals surface area contributed by atoms with Crippen LogP contribution in [0.4, 0.5) is 0 Å². The molecular formula is C16H26N2O. The quantitative estimate of drug-likeness (QED) is 0.760. The van der Waals surface area contributed by atoms with Gasteiger partial charge in [0.25, 0.3) is 0 Å². The lowest BCUT2D eigenvalue weighted by atomic mass is 9.76. The van der Waals surface area contributed by atoms with Crippen LogP contribution in [0.3, 0.4) is 0 Å². The van der Waals surface area contributed by atoms with Crippen LogP contribution in [0.5, 0.6) is 0 Å². The van der Waals surface area contributed by atoms with Gasteiger partial charge in [0, 0.05) is 12.6 Å². The zero-order valence-corrected chi connectivity index (χ0v) is 12.0. The number of fused-ring (bicyclic) bond motifs is 1. The number of benzene rings is 1. The van der Waals surface area contributed by atoms with Crippen LogP contribution in [0.2, 0.25) is 0 Å². The van der Waals surface area contributed by atoms with Gasteiger partial charge in [-0.3, -0.25) is 0 Å². The van der Waals surface area contributed by atoms with Crippen LogP contribution in [0.15, 0.2) is 24.3 Å². The first-order chi connectivity index (χ1) is 9.07. The predicted octanol–water partition coefficient (Wildman–Crippen LogP) is 1.93. The van der Waals surface area contributed by atoms with Crippen LogP contribution in [0.25, 0.3) is 0 Å². The Balaban J connectivity index is 2.24. The maximum atomic E-state index is 9.53. The molecule has 1 aliphatic carbocycles. The molecule has 0 aliphatic heterocycles. The number of aryl methyl sites for hydroxylation is 1. The topological polar surface area (TPSA) is 58.3 Å². The Hall–Kier alpha value is -0.900. The molecular weight excluding hydrogens is 236 g/mol. The molecule has 0 spiro atoms. The van der Waals surface area contributed by atoms with Crippen LogP contribution in [0.1, 0.15) is 44.2 Å². The van der Waals surface area contributed by atoms with E-state index in [2.05, 4.69) is 36.5 Å². The van der Waals surface area contributed by atoms with Crippen LogP contribution in [-0.4, -0.2) is 23.8 Å². The summed E-state index contributed by atoms with van der Waals surface area (Å²) in [6.07, 6.45) is 3.86. The lowest BCUT2D eigenvalue weighted by Gasteiger charge is -2.41. The van der Waals surface area contributed by atoms with E-state index in [1.807, 2.05) is 6.92 Å². The zero-order valence-electron chi connectivity index (χ0n) is 12.0. The van der Waals surface area contributed by atoms with E-state index in [4.69, 9.17) is 5.73 Å². The van der Waals surface area contributed by atoms with Crippen LogP contribution >= 0.6 is 0 Å². The van der Waals surface area contributed by atoms with Gasteiger partial charge >= 0.3 is 0 Å². The van der Waals surface area contributed by atoms with E-state index in [0.717, 1.165) is 19.3 Å². The number of nitrogens with one attached hydrogen (secondary N) is 1. The average molecular weight is 262 g/mol. The maximum Gasteiger partial charge on any atom is 0.0563 e. The second-order valence-electron chi connectivity index (χ2n) is 5.93. The van der Waals surface area contributed by atoms with Gasteiger partial charge < -0.3 is 16.2 Å². The van der Waals surface area contributed by atoms with Crippen molar-refractivity contribution in [3.8, 4) is 0 Å². The molecule has 3 nitrogen and oxygen atoms in total. The predicted molar refractivity (Wildman–Crippen MR) is 79.0 cm³/mol. The van der Waals surface area contributed by atoms with Crippen molar-refractivity contribution in [3.05, 3.63) is 35.4 Å². The molecule has 0 bridgehead atoms. The maximum absolute atomic E-state index is 9.53. The fourth-order valence-electron chi connectivity index (χ4n) is 3.38. The Bertz CT molecular complexity index is 419. The van der Waals surface area contributed by atoms with Crippen molar-refractivity contribution in [2.45, 2.75) is 57.2 Å². The molecule has 1 aliphatic rings. The van der Waals surface area contributed by atoms with Crippen molar-refractivity contribution >= 4 is 0 Å². The summed E-state index contributed by atoms with van der Waals surface area (Å²) in [5, 5.41) is 13.2. The third kappa shape index (κ3) is 3.16. The SMILES string of the molecule is CC(O)CC(C)NC1(CN)CCCc2ccccc21. The van der Waals surface area contributed by atoms with E-state index in [-0.39, 0.29) is 17.7 Å². The van der Waals surface area contributed by atoms with Gasteiger partial charge in [0.05, 0.1) is 11.6 Å². The van der Waals surface area contributed by atoms with Gasteiger partial charge in [-0.25, -0.2) is 0 Å². The number of hydrogen-bond acceptors (Lipinski definition) is 3. The highest BCUT2D eigenvalue weighted by molar-refractivity contribution is 5.36. The summed E-state index contributed by atoms with van der Waals surface area (Å²) < 4.78 is 0. The van der Waals surface area contributed by atoms with Gasteiger partial charge in [0.15, 0.2) is 0 Å². The van der Waals surface area contributed by atoms with Gasteiger partial charge in [-0.1, -0.05) is 24.3 Å². The largest absolute Gasteiger partial charge is 0.393 e. The van der Waals surface area contributed by atoms with E-state index in [1.165, 1.54) is 17.5 Å². The molecule has 106 valence electrons. The molecule has 3 unspecified atom stereocenters. The molecule has 2 rings (SSSR count). The van der Waals surface area contributed by atoms with Crippen molar-refractivity contribution in [3.63, 3.8) is 0 Å². The van der Waals surface area contributed by atoms with E-state index < -0.39 is 0 Å². The molecule has 3 heteroatoms. The first-order valence-corrected chi connectivity index (χ1v) is 7.31. The van der Waals surface area contributed by atoms with Crippen molar-refractivity contribution in [2.24, 2.45) is 5.73 Å². The minimum absolute atomic E-state index is 0.122. The molecule has 0 aromatic heterocycles. The van der Waals surface area contributed by atoms with Crippen LogP contribution in [-0.2, 0) is 12.0 Å². The standard InChI is InChI=1S/C16H26N2O/c1-12(10-13(2)19)18-16(11-17)9-5-7-14-6-3-4-8-15(14)16/h3-4,6,8,12-13,18-19H,5,7,9-11,17H2,1-2H3. The van der Waals surface area contributed by atoms with Gasteiger partial charge in [0.2, 0.25) is 0 Å². The molecule has 0 fully saturated rings. The van der Waals surface area contributed by atoms with Crippen molar-refractivity contribution in [1.82, 2.24) is 5.32 Å². The summed E-state index contributed by atoms with van der Waals surface area (Å²) in [6, 6.07) is 8.86. The van der Waals surface area contributed by atoms with Crippen molar-refractivity contribution in [2.75, 3.05) is 6.54 Å². The van der Waals surface area contributed by atoms with E-state index in [1.54, 1.807) is 0 Å². The highest BCUT2D eigenvalue weighted by Crippen LogP contribution is 2.35. The minimum atomic E-state index is -0.281. The minimum Gasteiger partial charge on any atom is -0.393 e. The first kappa shape index (κ1) is 14.5. The third-order valence-electron chi connectivity index (χ3n) is 4.15. The smallest absolute Gasteiger partial charge is 0.0563 e. The van der Waals surface area contributed by atoms with E-state index in [0.29, 0.717) is 6.54 Å². The lowest BCUT2D eigenvalue weighted by molar-refractivity contribution is 0.154. The van der Waals surface area contributed by atoms with Gasteiger partial charge in [-0.05, 0) is 50.7 Å². The number of aliphatic hydroxyl groups is 1. The second kappa shape index (κ2) is 6.04. The average Bonchev–Trinajstić information content (AvgIpc) is 2.38. The fourth-order valence-corrected chi connectivity index (χ4v) is 3.38. The summed E-state index contributed by atoms with van der Waals surface area (Å²) >= 11 is 0. The highest BCUT2D eigenvalue weighted by atomic mass is 16.3. The Labute approximate surface area is 116 Å². The molecule has 1 aromatic carbocycles. The Morgan fingerprint density at radius 3 is 2.79 bits per heavy atom. The molecule has 3 atom stereocenters. The number of hydrogen-bond donors (Lipinski definition) is 3. The molecule has 19 heavy (non-hydrogen) atoms. The summed E-state index contributed by atoms with van der Waals surface area (Å²) in [5.74, 6) is 0.